The average Bonchev–Trinajstić information content (AvgIpc) is 3.05. The van der Waals surface area contributed by atoms with Crippen molar-refractivity contribution in [1.29, 1.82) is 0 Å². The molecule has 0 spiro atoms. The van der Waals surface area contributed by atoms with E-state index < -0.39 is 0 Å². The van der Waals surface area contributed by atoms with E-state index in [4.69, 9.17) is 9.98 Å². The van der Waals surface area contributed by atoms with Crippen molar-refractivity contribution in [2.75, 3.05) is 0 Å². The van der Waals surface area contributed by atoms with Crippen molar-refractivity contribution in [3.05, 3.63) is 130 Å². The molecule has 0 radical (unpaired) electrons. The summed E-state index contributed by atoms with van der Waals surface area (Å²) >= 11 is 4.44. The van der Waals surface area contributed by atoms with Crippen LogP contribution in [0.15, 0.2) is 94.9 Å². The van der Waals surface area contributed by atoms with E-state index in [1.165, 1.54) is 22.3 Å². The van der Waals surface area contributed by atoms with Gasteiger partial charge in [-0.25, -0.2) is 0 Å². The summed E-state index contributed by atoms with van der Waals surface area (Å²) < 4.78 is 0. The fraction of sp³-hybridized carbons (Fsp3) is 0.316. The van der Waals surface area contributed by atoms with Gasteiger partial charge in [0, 0.05) is 0 Å². The average molecular weight is 813 g/mol. The van der Waals surface area contributed by atoms with Crippen molar-refractivity contribution in [2.45, 2.75) is 79.1 Å². The first kappa shape index (κ1) is 40.1. The second-order valence-corrected chi connectivity index (χ2v) is 11.3. The van der Waals surface area contributed by atoms with Crippen LogP contribution in [0.3, 0.4) is 0 Å². The molecule has 0 saturated carbocycles. The molecule has 44 heavy (non-hydrogen) atoms. The van der Waals surface area contributed by atoms with Gasteiger partial charge >= 0.3 is 55.4 Å². The van der Waals surface area contributed by atoms with Gasteiger partial charge in [-0.1, -0.05) is 91.8 Å². The third-order valence-electron chi connectivity index (χ3n) is 6.82. The Hall–Kier alpha value is -1.88. The third-order valence-corrected chi connectivity index (χ3v) is 6.82. The fourth-order valence-corrected chi connectivity index (χ4v) is 4.56. The van der Waals surface area contributed by atoms with Gasteiger partial charge in [0.1, 0.15) is 0 Å². The van der Waals surface area contributed by atoms with Crippen LogP contribution in [0, 0.1) is 12.1 Å². The van der Waals surface area contributed by atoms with Gasteiger partial charge in [-0.15, -0.1) is 71.8 Å². The summed E-state index contributed by atoms with van der Waals surface area (Å²) in [4.78, 5) is 9.53. The Bertz CT molecular complexity index is 1240. The summed E-state index contributed by atoms with van der Waals surface area (Å²) in [5.41, 5.74) is 9.50. The Morgan fingerprint density at radius 2 is 0.773 bits per heavy atom. The van der Waals surface area contributed by atoms with Gasteiger partial charge < -0.3 is 9.98 Å². The van der Waals surface area contributed by atoms with Crippen molar-refractivity contribution in [3.63, 3.8) is 0 Å². The predicted molar refractivity (Wildman–Crippen MR) is 186 cm³/mol. The molecule has 0 atom stereocenters. The maximum atomic E-state index is 4.76. The van der Waals surface area contributed by atoms with Gasteiger partial charge in [-0.05, 0) is 58.4 Å². The van der Waals surface area contributed by atoms with Gasteiger partial charge in [-0.2, -0.15) is 0 Å². The maximum absolute atomic E-state index is 4.76. The molecule has 240 valence electrons. The third kappa shape index (κ3) is 13.2. The van der Waals surface area contributed by atoms with E-state index >= 15 is 0 Å². The summed E-state index contributed by atoms with van der Waals surface area (Å²) in [6.07, 6.45) is 3.82. The van der Waals surface area contributed by atoms with Crippen LogP contribution < -0.4 is 0 Å². The Kier molecular flexibility index (Phi) is 20.6. The van der Waals surface area contributed by atoms with Crippen LogP contribution in [0.25, 0.3) is 0 Å². The fourth-order valence-electron chi connectivity index (χ4n) is 4.56. The molecule has 4 rings (SSSR count). The van der Waals surface area contributed by atoms with Crippen molar-refractivity contribution < 1.29 is 36.4 Å². The van der Waals surface area contributed by atoms with E-state index in [-0.39, 0.29) is 0 Å². The van der Waals surface area contributed by atoms with Crippen LogP contribution >= 0.6 is 19.1 Å². The van der Waals surface area contributed by atoms with Crippen LogP contribution in [0.4, 0.5) is 11.4 Å². The number of rotatable bonds is 8. The molecule has 0 aromatic heterocycles. The summed E-state index contributed by atoms with van der Waals surface area (Å²) in [7, 11) is 8.98. The zero-order chi connectivity index (χ0) is 33.1. The minimum atomic E-state index is 0.473. The van der Waals surface area contributed by atoms with Crippen LogP contribution in [-0.4, -0.2) is 12.4 Å². The molecule has 0 saturated heterocycles. The van der Waals surface area contributed by atoms with Gasteiger partial charge in [0.05, 0.1) is 11.4 Å². The van der Waals surface area contributed by atoms with E-state index in [9.17, 15) is 0 Å². The molecule has 0 fully saturated rings. The first-order chi connectivity index (χ1) is 21.2. The number of halogens is 2. The molecule has 6 heteroatoms. The van der Waals surface area contributed by atoms with Crippen LogP contribution in [-0.2, 0) is 36.4 Å². The zero-order valence-corrected chi connectivity index (χ0v) is 31.5. The van der Waals surface area contributed by atoms with E-state index in [1.807, 2.05) is 61.0 Å². The van der Waals surface area contributed by atoms with E-state index in [1.54, 1.807) is 0 Å². The van der Waals surface area contributed by atoms with Gasteiger partial charge in [0.25, 0.3) is 0 Å². The number of hydrogen-bond acceptors (Lipinski definition) is 2. The Labute approximate surface area is 296 Å². The minimum absolute atomic E-state index is 0.473. The molecule has 0 aliphatic carbocycles. The topological polar surface area (TPSA) is 24.7 Å². The molecular formula is C38H44Cl2N2Pd2. The number of benzene rings is 4. The SMILES string of the molecule is CC(C)c1cccc(C(C)C)c1N=Cc1[c-]cccc1.CC(C)c1cccc(C(C)C)c1N=Cc1[c-]cccc1.[Cl][Pd+].[Cl][Pd+]. The number of aliphatic imine (C=N–C) groups is 2. The second kappa shape index (κ2) is 22.6. The summed E-state index contributed by atoms with van der Waals surface area (Å²) in [6, 6.07) is 35.2. The van der Waals surface area contributed by atoms with Crippen molar-refractivity contribution >= 4 is 42.9 Å². The van der Waals surface area contributed by atoms with E-state index in [2.05, 4.69) is 159 Å². The van der Waals surface area contributed by atoms with Crippen molar-refractivity contribution in [2.24, 2.45) is 9.98 Å². The van der Waals surface area contributed by atoms with Crippen molar-refractivity contribution in [3.8, 4) is 0 Å². The van der Waals surface area contributed by atoms with Crippen molar-refractivity contribution in [1.82, 2.24) is 0 Å². The molecule has 2 nitrogen and oxygen atoms in total. The summed E-state index contributed by atoms with van der Waals surface area (Å²) in [5, 5.41) is 0. The molecule has 0 aliphatic heterocycles. The number of nitrogens with zero attached hydrogens (tertiary/aromatic N) is 2. The molecule has 0 heterocycles. The standard InChI is InChI=1S/2C19H22N.2ClH.2Pd/c2*1-14(2)17-11-8-12-18(15(3)4)19(17)20-13-16-9-6-5-7-10-16;;;;/h2*5-9,11-15H,1-4H3;2*1H;;/q2*-1;;;2*+2/p-2. The second-order valence-electron chi connectivity index (χ2n) is 11.3. The summed E-state index contributed by atoms with van der Waals surface area (Å²) in [6.45, 7) is 17.7. The molecular weight excluding hydrogens is 768 g/mol. The molecule has 0 bridgehead atoms. The first-order valence-corrected chi connectivity index (χ1v) is 18.7. The summed E-state index contributed by atoms with van der Waals surface area (Å²) in [5.74, 6) is 1.89. The molecule has 0 amide bonds. The molecule has 4 aromatic rings. The zero-order valence-electron chi connectivity index (χ0n) is 26.8. The van der Waals surface area contributed by atoms with E-state index in [0.717, 1.165) is 22.5 Å². The van der Waals surface area contributed by atoms with Gasteiger partial charge in [-0.3, -0.25) is 0 Å². The van der Waals surface area contributed by atoms with Crippen LogP contribution in [0.2, 0.25) is 0 Å². The first-order valence-electron chi connectivity index (χ1n) is 14.7. The number of para-hydroxylation sites is 2. The molecule has 0 unspecified atom stereocenters. The quantitative estimate of drug-likeness (QED) is 0.0962. The number of hydrogen-bond donors (Lipinski definition) is 0. The van der Waals surface area contributed by atoms with E-state index in [0.29, 0.717) is 23.7 Å². The Morgan fingerprint density at radius 1 is 0.477 bits per heavy atom. The normalized spacial score (nSPS) is 11.0. The Balaban J connectivity index is 0.000000395. The van der Waals surface area contributed by atoms with Gasteiger partial charge in [0.15, 0.2) is 0 Å². The monoisotopic (exact) mass is 810 g/mol. The molecule has 4 aromatic carbocycles. The molecule has 0 aliphatic rings. The predicted octanol–water partition coefficient (Wildman–Crippen LogP) is 12.3. The van der Waals surface area contributed by atoms with Crippen LogP contribution in [0.1, 0.15) is 112 Å². The van der Waals surface area contributed by atoms with Crippen LogP contribution in [0.5, 0.6) is 0 Å². The Morgan fingerprint density at radius 3 is 1.00 bits per heavy atom. The molecule has 0 N–H and O–H groups in total. The van der Waals surface area contributed by atoms with Gasteiger partial charge in [0.2, 0.25) is 0 Å².